The molecule has 110 valence electrons. The first kappa shape index (κ1) is 14.3. The maximum absolute atomic E-state index is 3.58. The Bertz CT molecular complexity index is 586. The lowest BCUT2D eigenvalue weighted by Crippen LogP contribution is -2.28. The van der Waals surface area contributed by atoms with Crippen molar-refractivity contribution in [2.24, 2.45) is 5.92 Å². The van der Waals surface area contributed by atoms with E-state index in [4.69, 9.17) is 0 Å². The summed E-state index contributed by atoms with van der Waals surface area (Å²) in [6.07, 6.45) is 2.47. The van der Waals surface area contributed by atoms with Gasteiger partial charge in [0.1, 0.15) is 0 Å². The molecule has 0 bridgehead atoms. The maximum atomic E-state index is 3.58. The zero-order valence-electron chi connectivity index (χ0n) is 13.1. The number of rotatable bonds is 4. The van der Waals surface area contributed by atoms with Gasteiger partial charge in [-0.2, -0.15) is 0 Å². The van der Waals surface area contributed by atoms with Crippen LogP contribution in [0, 0.1) is 5.92 Å². The summed E-state index contributed by atoms with van der Waals surface area (Å²) in [7, 11) is 0. The van der Waals surface area contributed by atoms with E-state index in [1.54, 1.807) is 0 Å². The number of benzene rings is 2. The minimum absolute atomic E-state index is 0.495. The van der Waals surface area contributed by atoms with Crippen molar-refractivity contribution in [2.45, 2.75) is 39.2 Å². The third-order valence-electron chi connectivity index (χ3n) is 4.46. The fraction of sp³-hybridized carbons (Fsp3) is 0.400. The van der Waals surface area contributed by atoms with Gasteiger partial charge in [-0.1, -0.05) is 62.4 Å². The molecule has 1 nitrogen and oxygen atoms in total. The van der Waals surface area contributed by atoms with Crippen molar-refractivity contribution in [1.29, 1.82) is 0 Å². The lowest BCUT2D eigenvalue weighted by molar-refractivity contribution is 0.578. The van der Waals surface area contributed by atoms with E-state index in [0.29, 0.717) is 5.92 Å². The van der Waals surface area contributed by atoms with Crippen molar-refractivity contribution >= 4 is 0 Å². The molecule has 2 aromatic carbocycles. The first-order valence-corrected chi connectivity index (χ1v) is 8.11. The number of fused-ring (bicyclic) bond motifs is 1. The Morgan fingerprint density at radius 1 is 1.10 bits per heavy atom. The van der Waals surface area contributed by atoms with Gasteiger partial charge >= 0.3 is 0 Å². The van der Waals surface area contributed by atoms with Crippen LogP contribution in [0.3, 0.4) is 0 Å². The highest BCUT2D eigenvalue weighted by atomic mass is 14.9. The van der Waals surface area contributed by atoms with Gasteiger partial charge in [0.2, 0.25) is 0 Å². The van der Waals surface area contributed by atoms with Gasteiger partial charge < -0.3 is 5.32 Å². The van der Waals surface area contributed by atoms with Gasteiger partial charge in [0.25, 0.3) is 0 Å². The number of nitrogens with one attached hydrogen (secondary N) is 1. The fourth-order valence-corrected chi connectivity index (χ4v) is 3.21. The third kappa shape index (κ3) is 3.36. The van der Waals surface area contributed by atoms with Crippen LogP contribution in [0.15, 0.2) is 48.5 Å². The van der Waals surface area contributed by atoms with Crippen LogP contribution in [0.4, 0.5) is 0 Å². The zero-order valence-corrected chi connectivity index (χ0v) is 13.1. The number of aryl methyl sites for hydroxylation is 1. The molecule has 21 heavy (non-hydrogen) atoms. The second-order valence-corrected chi connectivity index (χ2v) is 6.56. The summed E-state index contributed by atoms with van der Waals surface area (Å²) >= 11 is 0. The lowest BCUT2D eigenvalue weighted by atomic mass is 9.84. The Morgan fingerprint density at radius 2 is 1.90 bits per heavy atom. The molecule has 0 amide bonds. The molecule has 0 radical (unpaired) electrons. The molecule has 0 aromatic heterocycles. The van der Waals surface area contributed by atoms with Crippen LogP contribution in [0.5, 0.6) is 0 Å². The smallest absolute Gasteiger partial charge is 0.0218 e. The molecule has 3 rings (SSSR count). The summed E-state index contributed by atoms with van der Waals surface area (Å²) in [5.74, 6) is 1.27. The number of hydrogen-bond donors (Lipinski definition) is 1. The van der Waals surface area contributed by atoms with E-state index >= 15 is 0 Å². The molecule has 2 aromatic rings. The van der Waals surface area contributed by atoms with Crippen molar-refractivity contribution in [3.8, 4) is 0 Å². The van der Waals surface area contributed by atoms with Crippen LogP contribution in [-0.4, -0.2) is 6.54 Å². The van der Waals surface area contributed by atoms with Crippen molar-refractivity contribution in [3.05, 3.63) is 70.8 Å². The summed E-state index contributed by atoms with van der Waals surface area (Å²) < 4.78 is 0. The molecular weight excluding hydrogens is 254 g/mol. The van der Waals surface area contributed by atoms with E-state index in [9.17, 15) is 0 Å². The summed E-state index contributed by atoms with van der Waals surface area (Å²) in [6, 6.07) is 18.0. The molecule has 0 fully saturated rings. The quantitative estimate of drug-likeness (QED) is 0.868. The highest BCUT2D eigenvalue weighted by molar-refractivity contribution is 5.42. The minimum atomic E-state index is 0.495. The highest BCUT2D eigenvalue weighted by Gasteiger charge is 2.21. The third-order valence-corrected chi connectivity index (χ3v) is 4.46. The summed E-state index contributed by atoms with van der Waals surface area (Å²) in [5, 5.41) is 3.58. The topological polar surface area (TPSA) is 12.0 Å². The van der Waals surface area contributed by atoms with E-state index in [-0.39, 0.29) is 0 Å². The van der Waals surface area contributed by atoms with Gasteiger partial charge in [-0.25, -0.2) is 0 Å². The highest BCUT2D eigenvalue weighted by Crippen LogP contribution is 2.30. The Labute approximate surface area is 128 Å². The summed E-state index contributed by atoms with van der Waals surface area (Å²) in [6.45, 7) is 6.65. The largest absolute Gasteiger partial charge is 0.312 e. The van der Waals surface area contributed by atoms with Crippen molar-refractivity contribution in [3.63, 3.8) is 0 Å². The Balaban J connectivity index is 1.85. The first-order valence-electron chi connectivity index (χ1n) is 8.11. The van der Waals surface area contributed by atoms with Gasteiger partial charge in [0, 0.05) is 19.0 Å². The molecule has 1 heterocycles. The molecule has 1 N–H and O–H groups in total. The standard InChI is InChI=1S/C20H25N/c1-15(2)8-9-16-10-11-19-18(12-16)13-21-14-20(19)17-6-4-3-5-7-17/h3-7,10-12,15,20-21H,8-9,13-14H2,1-2H3. The summed E-state index contributed by atoms with van der Waals surface area (Å²) in [5.41, 5.74) is 5.89. The second-order valence-electron chi connectivity index (χ2n) is 6.56. The Morgan fingerprint density at radius 3 is 2.67 bits per heavy atom. The second kappa shape index (κ2) is 6.44. The van der Waals surface area contributed by atoms with Crippen molar-refractivity contribution in [1.82, 2.24) is 5.32 Å². The predicted octanol–water partition coefficient (Wildman–Crippen LogP) is 4.51. The molecule has 0 aliphatic carbocycles. The fourth-order valence-electron chi connectivity index (χ4n) is 3.21. The van der Waals surface area contributed by atoms with E-state index in [0.717, 1.165) is 19.0 Å². The van der Waals surface area contributed by atoms with Crippen LogP contribution in [0.25, 0.3) is 0 Å². The minimum Gasteiger partial charge on any atom is -0.312 e. The molecule has 1 unspecified atom stereocenters. The van der Waals surface area contributed by atoms with Crippen LogP contribution >= 0.6 is 0 Å². The van der Waals surface area contributed by atoms with Gasteiger partial charge in [0.15, 0.2) is 0 Å². The van der Waals surface area contributed by atoms with E-state index in [1.807, 2.05) is 0 Å². The predicted molar refractivity (Wildman–Crippen MR) is 89.6 cm³/mol. The average Bonchev–Trinajstić information content (AvgIpc) is 2.53. The normalized spacial score (nSPS) is 17.8. The first-order chi connectivity index (χ1) is 10.2. The molecule has 1 atom stereocenters. The Hall–Kier alpha value is -1.60. The van der Waals surface area contributed by atoms with Crippen LogP contribution in [0.1, 0.15) is 48.4 Å². The van der Waals surface area contributed by atoms with Crippen LogP contribution in [-0.2, 0) is 13.0 Å². The van der Waals surface area contributed by atoms with Crippen molar-refractivity contribution in [2.75, 3.05) is 6.54 Å². The van der Waals surface area contributed by atoms with Gasteiger partial charge in [-0.15, -0.1) is 0 Å². The average molecular weight is 279 g/mol. The molecule has 1 heteroatoms. The molecule has 0 spiro atoms. The molecule has 0 saturated carbocycles. The van der Waals surface area contributed by atoms with Gasteiger partial charge in [0.05, 0.1) is 0 Å². The lowest BCUT2D eigenvalue weighted by Gasteiger charge is -2.27. The van der Waals surface area contributed by atoms with Gasteiger partial charge in [-0.05, 0) is 41.0 Å². The molecule has 0 saturated heterocycles. The van der Waals surface area contributed by atoms with E-state index in [1.165, 1.54) is 35.1 Å². The molecule has 1 aliphatic rings. The number of hydrogen-bond acceptors (Lipinski definition) is 1. The summed E-state index contributed by atoms with van der Waals surface area (Å²) in [4.78, 5) is 0. The molecule has 1 aliphatic heterocycles. The van der Waals surface area contributed by atoms with E-state index < -0.39 is 0 Å². The Kier molecular flexibility index (Phi) is 4.40. The monoisotopic (exact) mass is 279 g/mol. The maximum Gasteiger partial charge on any atom is 0.0218 e. The van der Waals surface area contributed by atoms with Gasteiger partial charge in [-0.3, -0.25) is 0 Å². The molecular formula is C20H25N. The SMILES string of the molecule is CC(C)CCc1ccc2c(c1)CNCC2c1ccccc1. The van der Waals surface area contributed by atoms with Crippen molar-refractivity contribution < 1.29 is 0 Å². The van der Waals surface area contributed by atoms with Crippen LogP contribution < -0.4 is 5.32 Å². The zero-order chi connectivity index (χ0) is 14.7. The van der Waals surface area contributed by atoms with E-state index in [2.05, 4.69) is 67.7 Å². The van der Waals surface area contributed by atoms with Crippen LogP contribution in [0.2, 0.25) is 0 Å².